The van der Waals surface area contributed by atoms with Gasteiger partial charge in [-0.2, -0.15) is 11.8 Å². The highest BCUT2D eigenvalue weighted by molar-refractivity contribution is 7.97. The van der Waals surface area contributed by atoms with E-state index in [1.165, 1.54) is 6.07 Å². The Bertz CT molecular complexity index is 325. The number of carbonyl (C=O) groups is 1. The van der Waals surface area contributed by atoms with E-state index in [9.17, 15) is 4.79 Å². The zero-order valence-electron chi connectivity index (χ0n) is 7.28. The van der Waals surface area contributed by atoms with Crippen LogP contribution in [0.25, 0.3) is 0 Å². The monoisotopic (exact) mass is 197 g/mol. The van der Waals surface area contributed by atoms with E-state index in [1.807, 2.05) is 12.3 Å². The molecule has 1 aromatic rings. The van der Waals surface area contributed by atoms with Crippen LogP contribution in [0.3, 0.4) is 0 Å². The normalized spacial score (nSPS) is 9.92. The van der Waals surface area contributed by atoms with E-state index >= 15 is 0 Å². The van der Waals surface area contributed by atoms with Crippen molar-refractivity contribution in [3.63, 3.8) is 0 Å². The fraction of sp³-hybridized carbons (Fsp3) is 0.222. The zero-order valence-corrected chi connectivity index (χ0v) is 8.10. The van der Waals surface area contributed by atoms with E-state index < -0.39 is 5.97 Å². The minimum atomic E-state index is -0.972. The zero-order chi connectivity index (χ0) is 9.84. The average Bonchev–Trinajstić information content (AvgIpc) is 2.08. The highest BCUT2D eigenvalue weighted by Gasteiger charge is 2.09. The first-order chi connectivity index (χ1) is 6.16. The van der Waals surface area contributed by atoms with E-state index in [-0.39, 0.29) is 5.56 Å². The standard InChI is InChI=1S/C9H11NO2S/c1-13-5-6-3-2-4-7(8(6)10)9(11)12/h2-4H,5,10H2,1H3,(H,11,12). The number of nitrogen functional groups attached to an aromatic ring is 1. The second-order valence-electron chi connectivity index (χ2n) is 2.62. The first-order valence-corrected chi connectivity index (χ1v) is 5.15. The molecule has 4 heteroatoms. The van der Waals surface area contributed by atoms with Crippen LogP contribution in [0, 0.1) is 0 Å². The molecule has 70 valence electrons. The third-order valence-corrected chi connectivity index (χ3v) is 2.33. The fourth-order valence-electron chi connectivity index (χ4n) is 1.08. The molecule has 13 heavy (non-hydrogen) atoms. The minimum Gasteiger partial charge on any atom is -0.478 e. The molecule has 0 amide bonds. The Kier molecular flexibility index (Phi) is 3.19. The maximum atomic E-state index is 10.7. The molecule has 0 radical (unpaired) electrons. The molecule has 0 fully saturated rings. The number of carboxylic acid groups (broad SMARTS) is 1. The van der Waals surface area contributed by atoms with Gasteiger partial charge in [0.05, 0.1) is 11.3 Å². The van der Waals surface area contributed by atoms with Crippen LogP contribution >= 0.6 is 11.8 Å². The minimum absolute atomic E-state index is 0.187. The number of rotatable bonds is 3. The molecule has 0 aromatic heterocycles. The first-order valence-electron chi connectivity index (χ1n) is 3.76. The molecule has 3 N–H and O–H groups in total. The van der Waals surface area contributed by atoms with Gasteiger partial charge in [-0.1, -0.05) is 12.1 Å². The molecule has 0 aliphatic rings. The Labute approximate surface area is 80.9 Å². The number of benzene rings is 1. The van der Waals surface area contributed by atoms with Crippen molar-refractivity contribution < 1.29 is 9.90 Å². The van der Waals surface area contributed by atoms with Gasteiger partial charge >= 0.3 is 5.97 Å². The van der Waals surface area contributed by atoms with Crippen molar-refractivity contribution in [1.82, 2.24) is 0 Å². The van der Waals surface area contributed by atoms with Crippen LogP contribution in [0.15, 0.2) is 18.2 Å². The van der Waals surface area contributed by atoms with Crippen molar-refractivity contribution in [3.8, 4) is 0 Å². The lowest BCUT2D eigenvalue weighted by Crippen LogP contribution is -2.04. The topological polar surface area (TPSA) is 63.3 Å². The van der Waals surface area contributed by atoms with Crippen LogP contribution < -0.4 is 5.73 Å². The van der Waals surface area contributed by atoms with Crippen LogP contribution in [0.1, 0.15) is 15.9 Å². The van der Waals surface area contributed by atoms with Crippen LogP contribution in [0.4, 0.5) is 5.69 Å². The first kappa shape index (κ1) is 9.92. The summed E-state index contributed by atoms with van der Waals surface area (Å²) in [7, 11) is 0. The van der Waals surface area contributed by atoms with Crippen molar-refractivity contribution in [2.24, 2.45) is 0 Å². The third kappa shape index (κ3) is 2.15. The highest BCUT2D eigenvalue weighted by atomic mass is 32.2. The summed E-state index contributed by atoms with van der Waals surface area (Å²) in [4.78, 5) is 10.7. The predicted octanol–water partition coefficient (Wildman–Crippen LogP) is 1.83. The molecular formula is C9H11NO2S. The molecule has 0 atom stereocenters. The van der Waals surface area contributed by atoms with E-state index in [2.05, 4.69) is 0 Å². The summed E-state index contributed by atoms with van der Waals surface area (Å²) in [6, 6.07) is 5.07. The van der Waals surface area contributed by atoms with E-state index in [0.29, 0.717) is 5.69 Å². The number of aromatic carboxylic acids is 1. The molecule has 0 saturated heterocycles. The summed E-state index contributed by atoms with van der Waals surface area (Å²) in [6.07, 6.45) is 1.95. The van der Waals surface area contributed by atoms with Gasteiger partial charge in [0.1, 0.15) is 0 Å². The Morgan fingerprint density at radius 3 is 2.85 bits per heavy atom. The van der Waals surface area contributed by atoms with Crippen molar-refractivity contribution >= 4 is 23.4 Å². The van der Waals surface area contributed by atoms with Crippen LogP contribution in [0.5, 0.6) is 0 Å². The highest BCUT2D eigenvalue weighted by Crippen LogP contribution is 2.21. The number of thioether (sulfide) groups is 1. The maximum absolute atomic E-state index is 10.7. The smallest absolute Gasteiger partial charge is 0.337 e. The molecule has 0 heterocycles. The number of hydrogen-bond acceptors (Lipinski definition) is 3. The van der Waals surface area contributed by atoms with Gasteiger partial charge in [-0.15, -0.1) is 0 Å². The lowest BCUT2D eigenvalue weighted by Gasteiger charge is -2.06. The quantitative estimate of drug-likeness (QED) is 0.726. The Balaban J connectivity index is 3.10. The Morgan fingerprint density at radius 1 is 1.62 bits per heavy atom. The Hall–Kier alpha value is -1.16. The second-order valence-corrected chi connectivity index (χ2v) is 3.48. The van der Waals surface area contributed by atoms with Crippen LogP contribution in [-0.2, 0) is 5.75 Å². The molecular weight excluding hydrogens is 186 g/mol. The van der Waals surface area contributed by atoms with Gasteiger partial charge in [-0.05, 0) is 17.9 Å². The SMILES string of the molecule is CSCc1cccc(C(=O)O)c1N. The number of anilines is 1. The van der Waals surface area contributed by atoms with Gasteiger partial charge in [0.2, 0.25) is 0 Å². The summed E-state index contributed by atoms with van der Waals surface area (Å²) in [5, 5.41) is 8.77. The molecule has 0 saturated carbocycles. The average molecular weight is 197 g/mol. The number of hydrogen-bond donors (Lipinski definition) is 2. The Morgan fingerprint density at radius 2 is 2.31 bits per heavy atom. The largest absolute Gasteiger partial charge is 0.478 e. The molecule has 3 nitrogen and oxygen atoms in total. The number of nitrogens with two attached hydrogens (primary N) is 1. The second kappa shape index (κ2) is 4.18. The van der Waals surface area contributed by atoms with Gasteiger partial charge in [0.25, 0.3) is 0 Å². The van der Waals surface area contributed by atoms with Crippen molar-refractivity contribution in [2.45, 2.75) is 5.75 Å². The van der Waals surface area contributed by atoms with Gasteiger partial charge in [-0.25, -0.2) is 4.79 Å². The maximum Gasteiger partial charge on any atom is 0.337 e. The van der Waals surface area contributed by atoms with Crippen LogP contribution in [0.2, 0.25) is 0 Å². The molecule has 0 bridgehead atoms. The van der Waals surface area contributed by atoms with Gasteiger partial charge in [0.15, 0.2) is 0 Å². The lowest BCUT2D eigenvalue weighted by atomic mass is 10.1. The number of para-hydroxylation sites is 1. The predicted molar refractivity (Wildman–Crippen MR) is 55.0 cm³/mol. The molecule has 0 spiro atoms. The molecule has 0 aliphatic heterocycles. The van der Waals surface area contributed by atoms with E-state index in [1.54, 1.807) is 17.8 Å². The van der Waals surface area contributed by atoms with Crippen molar-refractivity contribution in [2.75, 3.05) is 12.0 Å². The number of carboxylic acids is 1. The van der Waals surface area contributed by atoms with E-state index in [0.717, 1.165) is 11.3 Å². The summed E-state index contributed by atoms with van der Waals surface area (Å²) in [5.41, 5.74) is 7.12. The van der Waals surface area contributed by atoms with E-state index in [4.69, 9.17) is 10.8 Å². The van der Waals surface area contributed by atoms with Crippen molar-refractivity contribution in [3.05, 3.63) is 29.3 Å². The third-order valence-electron chi connectivity index (χ3n) is 1.73. The van der Waals surface area contributed by atoms with Crippen LogP contribution in [-0.4, -0.2) is 17.3 Å². The summed E-state index contributed by atoms with van der Waals surface area (Å²) in [5.74, 6) is -0.229. The summed E-state index contributed by atoms with van der Waals surface area (Å²) in [6.45, 7) is 0. The van der Waals surface area contributed by atoms with Gasteiger partial charge in [0, 0.05) is 5.75 Å². The lowest BCUT2D eigenvalue weighted by molar-refractivity contribution is 0.0698. The molecule has 1 aromatic carbocycles. The fourth-order valence-corrected chi connectivity index (χ4v) is 1.64. The molecule has 1 rings (SSSR count). The summed E-state index contributed by atoms with van der Waals surface area (Å²) >= 11 is 1.62. The molecule has 0 aliphatic carbocycles. The molecule has 0 unspecified atom stereocenters. The van der Waals surface area contributed by atoms with Crippen molar-refractivity contribution in [1.29, 1.82) is 0 Å². The van der Waals surface area contributed by atoms with Gasteiger partial charge < -0.3 is 10.8 Å². The van der Waals surface area contributed by atoms with Gasteiger partial charge in [-0.3, -0.25) is 0 Å². The summed E-state index contributed by atoms with van der Waals surface area (Å²) < 4.78 is 0.